The van der Waals surface area contributed by atoms with Gasteiger partial charge in [-0.15, -0.1) is 0 Å². The van der Waals surface area contributed by atoms with E-state index in [9.17, 15) is 43.2 Å². The number of phosphoric ester groups is 2. The molecule has 101 heavy (non-hydrogen) atoms. The van der Waals surface area contributed by atoms with Crippen LogP contribution in [0.5, 0.6) is 0 Å². The van der Waals surface area contributed by atoms with Crippen LogP contribution in [0.2, 0.25) is 0 Å². The van der Waals surface area contributed by atoms with Gasteiger partial charge in [-0.05, 0) is 31.6 Å². The molecule has 0 spiro atoms. The van der Waals surface area contributed by atoms with Crippen molar-refractivity contribution in [2.24, 2.45) is 5.92 Å². The zero-order chi connectivity index (χ0) is 74.1. The summed E-state index contributed by atoms with van der Waals surface area (Å²) in [4.78, 5) is 73.0. The average molecular weight is 1480 g/mol. The van der Waals surface area contributed by atoms with E-state index < -0.39 is 97.5 Å². The highest BCUT2D eigenvalue weighted by Crippen LogP contribution is 2.45. The van der Waals surface area contributed by atoms with Crippen LogP contribution in [-0.4, -0.2) is 96.7 Å². The van der Waals surface area contributed by atoms with Crippen molar-refractivity contribution in [2.75, 3.05) is 39.6 Å². The molecule has 17 nitrogen and oxygen atoms in total. The Morgan fingerprint density at radius 3 is 0.673 bits per heavy atom. The number of hydrogen-bond acceptors (Lipinski definition) is 15. The van der Waals surface area contributed by atoms with E-state index in [0.29, 0.717) is 25.7 Å². The van der Waals surface area contributed by atoms with Gasteiger partial charge < -0.3 is 33.8 Å². The normalized spacial score (nSPS) is 13.8. The maximum Gasteiger partial charge on any atom is 0.472 e. The molecule has 0 heterocycles. The summed E-state index contributed by atoms with van der Waals surface area (Å²) in [7, 11) is -9.92. The number of esters is 4. The summed E-state index contributed by atoms with van der Waals surface area (Å²) in [6.45, 7) is 7.35. The molecule has 0 aromatic rings. The molecule has 0 bridgehead atoms. The average Bonchev–Trinajstić information content (AvgIpc) is 1.30. The molecule has 0 aromatic heterocycles. The first-order valence-corrected chi connectivity index (χ1v) is 45.6. The van der Waals surface area contributed by atoms with Crippen molar-refractivity contribution in [3.63, 3.8) is 0 Å². The molecule has 0 rings (SSSR count). The Hall–Kier alpha value is -1.94. The minimum atomic E-state index is -4.96. The van der Waals surface area contributed by atoms with Crippen LogP contribution in [0.15, 0.2) is 0 Å². The monoisotopic (exact) mass is 1480 g/mol. The molecule has 0 aromatic carbocycles. The van der Waals surface area contributed by atoms with Gasteiger partial charge in [0.1, 0.15) is 19.3 Å². The maximum atomic E-state index is 13.1. The smallest absolute Gasteiger partial charge is 0.462 e. The topological polar surface area (TPSA) is 237 Å². The number of aliphatic hydroxyl groups excluding tert-OH is 1. The third-order valence-electron chi connectivity index (χ3n) is 19.3. The second kappa shape index (κ2) is 74.9. The van der Waals surface area contributed by atoms with E-state index in [0.717, 1.165) is 95.8 Å². The van der Waals surface area contributed by atoms with Crippen molar-refractivity contribution in [2.45, 2.75) is 457 Å². The Balaban J connectivity index is 5.21. The first-order chi connectivity index (χ1) is 49.0. The quantitative estimate of drug-likeness (QED) is 0.0222. The van der Waals surface area contributed by atoms with Crippen LogP contribution in [-0.2, 0) is 65.4 Å². The molecule has 5 atom stereocenters. The summed E-state index contributed by atoms with van der Waals surface area (Å²) in [5.41, 5.74) is 0. The van der Waals surface area contributed by atoms with E-state index in [4.69, 9.17) is 37.0 Å². The third-order valence-corrected chi connectivity index (χ3v) is 21.2. The lowest BCUT2D eigenvalue weighted by Gasteiger charge is -2.21. The Kier molecular flexibility index (Phi) is 73.5. The van der Waals surface area contributed by atoms with Gasteiger partial charge in [-0.25, -0.2) is 9.13 Å². The highest BCUT2D eigenvalue weighted by atomic mass is 31.2. The summed E-state index contributed by atoms with van der Waals surface area (Å²) in [5, 5.41) is 10.6. The number of ether oxygens (including phenoxy) is 4. The molecule has 0 radical (unpaired) electrons. The van der Waals surface area contributed by atoms with Gasteiger partial charge in [0.25, 0.3) is 0 Å². The zero-order valence-corrected chi connectivity index (χ0v) is 67.8. The highest BCUT2D eigenvalue weighted by molar-refractivity contribution is 7.47. The van der Waals surface area contributed by atoms with Gasteiger partial charge >= 0.3 is 39.5 Å². The molecule has 3 N–H and O–H groups in total. The van der Waals surface area contributed by atoms with E-state index in [1.165, 1.54) is 263 Å². The number of carbonyl (C=O) groups excluding carboxylic acids is 4. The van der Waals surface area contributed by atoms with Gasteiger partial charge in [-0.1, -0.05) is 388 Å². The fraction of sp³-hybridized carbons (Fsp3) is 0.951. The van der Waals surface area contributed by atoms with Crippen molar-refractivity contribution in [1.29, 1.82) is 0 Å². The van der Waals surface area contributed by atoms with Crippen LogP contribution in [0.4, 0.5) is 0 Å². The van der Waals surface area contributed by atoms with Crippen LogP contribution < -0.4 is 0 Å². The lowest BCUT2D eigenvalue weighted by molar-refractivity contribution is -0.161. The Morgan fingerprint density at radius 2 is 0.455 bits per heavy atom. The second-order valence-corrected chi connectivity index (χ2v) is 32.9. The van der Waals surface area contributed by atoms with Crippen LogP contribution in [0.25, 0.3) is 0 Å². The standard InChI is InChI=1S/C82H160O17P2/c1-6-9-12-15-18-21-24-26-27-28-29-30-31-32-35-39-43-48-53-58-63-68-82(87)99-78(72-93-80(85)66-61-56-51-46-42-38-36-33-34-37-40-44-49-54-59-64-75(4)5)74-97-101(90,91)95-70-76(83)69-94-100(88,89)96-73-77(71-92-79(84)65-60-55-50-45-23-20-17-14-11-8-3)98-81(86)67-62-57-52-47-41-25-22-19-16-13-10-7-2/h75-78,83H,6-74H2,1-5H3,(H,88,89)(H,90,91)/t76-,77+,78+/m0/s1. The lowest BCUT2D eigenvalue weighted by atomic mass is 10.0. The number of hydrogen-bond donors (Lipinski definition) is 3. The largest absolute Gasteiger partial charge is 0.472 e. The molecule has 0 aliphatic heterocycles. The van der Waals surface area contributed by atoms with Crippen LogP contribution in [0.1, 0.15) is 439 Å². The Labute approximate surface area is 619 Å². The van der Waals surface area contributed by atoms with E-state index in [1.807, 2.05) is 0 Å². The van der Waals surface area contributed by atoms with Crippen LogP contribution in [0.3, 0.4) is 0 Å². The minimum Gasteiger partial charge on any atom is -0.462 e. The molecule has 600 valence electrons. The minimum absolute atomic E-state index is 0.108. The summed E-state index contributed by atoms with van der Waals surface area (Å²) in [6, 6.07) is 0. The molecule has 0 amide bonds. The summed E-state index contributed by atoms with van der Waals surface area (Å²) < 4.78 is 68.7. The predicted molar refractivity (Wildman–Crippen MR) is 414 cm³/mol. The van der Waals surface area contributed by atoms with Crippen molar-refractivity contribution >= 4 is 39.5 Å². The van der Waals surface area contributed by atoms with E-state index in [-0.39, 0.29) is 25.7 Å². The Bertz CT molecular complexity index is 1930. The van der Waals surface area contributed by atoms with Crippen molar-refractivity contribution in [3.8, 4) is 0 Å². The molecule has 0 fully saturated rings. The number of phosphoric acid groups is 2. The van der Waals surface area contributed by atoms with Crippen molar-refractivity contribution in [3.05, 3.63) is 0 Å². The lowest BCUT2D eigenvalue weighted by Crippen LogP contribution is -2.30. The van der Waals surface area contributed by atoms with Crippen molar-refractivity contribution < 1.29 is 80.2 Å². The molecule has 0 aliphatic rings. The number of rotatable bonds is 82. The summed E-state index contributed by atoms with van der Waals surface area (Å²) >= 11 is 0. The molecule has 19 heteroatoms. The molecular formula is C82H160O17P2. The van der Waals surface area contributed by atoms with E-state index in [2.05, 4.69) is 34.6 Å². The van der Waals surface area contributed by atoms with Gasteiger partial charge in [0.15, 0.2) is 12.2 Å². The number of aliphatic hydroxyl groups is 1. The van der Waals surface area contributed by atoms with Gasteiger partial charge in [-0.3, -0.25) is 37.3 Å². The van der Waals surface area contributed by atoms with Crippen LogP contribution in [0, 0.1) is 5.92 Å². The maximum absolute atomic E-state index is 13.1. The van der Waals surface area contributed by atoms with E-state index >= 15 is 0 Å². The molecule has 0 saturated heterocycles. The SMILES string of the molecule is CCCCCCCCCCCCCCCCCCCCCCCC(=O)O[C@H](COC(=O)CCCCCCCCCCCCCCCCCC(C)C)COP(=O)(O)OC[C@@H](O)COP(=O)(O)OC[C@@H](COC(=O)CCCCCCCCCCCC)OC(=O)CCCCCCCCCCCCCC. The number of unbranched alkanes of at least 4 members (excludes halogenated alkanes) is 54. The van der Waals surface area contributed by atoms with Gasteiger partial charge in [0.2, 0.25) is 0 Å². The van der Waals surface area contributed by atoms with Crippen molar-refractivity contribution in [1.82, 2.24) is 0 Å². The van der Waals surface area contributed by atoms with E-state index in [1.54, 1.807) is 0 Å². The molecule has 0 aliphatic carbocycles. The number of carbonyl (C=O) groups is 4. The van der Waals surface area contributed by atoms with Crippen LogP contribution >= 0.6 is 15.6 Å². The zero-order valence-electron chi connectivity index (χ0n) is 66.1. The fourth-order valence-electron chi connectivity index (χ4n) is 12.8. The molecular weight excluding hydrogens is 1320 g/mol. The summed E-state index contributed by atoms with van der Waals surface area (Å²) in [5.74, 6) is -1.30. The van der Waals surface area contributed by atoms with Gasteiger partial charge in [0, 0.05) is 25.7 Å². The fourth-order valence-corrected chi connectivity index (χ4v) is 14.3. The van der Waals surface area contributed by atoms with Gasteiger partial charge in [0.05, 0.1) is 26.4 Å². The Morgan fingerprint density at radius 1 is 0.267 bits per heavy atom. The third kappa shape index (κ3) is 76.1. The van der Waals surface area contributed by atoms with Gasteiger partial charge in [-0.2, -0.15) is 0 Å². The molecule has 2 unspecified atom stereocenters. The second-order valence-electron chi connectivity index (χ2n) is 30.0. The molecule has 0 saturated carbocycles. The predicted octanol–water partition coefficient (Wildman–Crippen LogP) is 24.8. The first-order valence-electron chi connectivity index (χ1n) is 42.6. The highest BCUT2D eigenvalue weighted by Gasteiger charge is 2.30. The summed E-state index contributed by atoms with van der Waals surface area (Å²) in [6.07, 6.45) is 66.6. The first kappa shape index (κ1) is 99.1.